The van der Waals surface area contributed by atoms with Gasteiger partial charge in [-0.1, -0.05) is 12.1 Å². The van der Waals surface area contributed by atoms with Crippen molar-refractivity contribution in [1.82, 2.24) is 5.32 Å². The maximum Gasteiger partial charge on any atom is 0.220 e. The van der Waals surface area contributed by atoms with E-state index in [9.17, 15) is 9.90 Å². The number of aliphatic hydroxyl groups is 1. The first-order valence-corrected chi connectivity index (χ1v) is 8.01. The predicted molar refractivity (Wildman–Crippen MR) is 92.1 cm³/mol. The fraction of sp³-hybridized carbons (Fsp3) is 0.421. The largest absolute Gasteiger partial charge is 0.497 e. The maximum absolute atomic E-state index is 12.0. The van der Waals surface area contributed by atoms with Crippen molar-refractivity contribution < 1.29 is 19.1 Å². The van der Waals surface area contributed by atoms with Crippen LogP contribution in [0.5, 0.6) is 5.75 Å². The molecular weight excluding hydrogens is 306 g/mol. The molecule has 0 aliphatic carbocycles. The molecule has 2 rings (SSSR count). The van der Waals surface area contributed by atoms with Gasteiger partial charge in [-0.25, -0.2) is 0 Å². The van der Waals surface area contributed by atoms with E-state index in [-0.39, 0.29) is 12.5 Å². The van der Waals surface area contributed by atoms with Crippen LogP contribution >= 0.6 is 0 Å². The topological polar surface area (TPSA) is 71.7 Å². The molecule has 0 bridgehead atoms. The van der Waals surface area contributed by atoms with Crippen LogP contribution in [0.25, 0.3) is 0 Å². The van der Waals surface area contributed by atoms with Crippen LogP contribution < -0.4 is 10.1 Å². The molecule has 0 saturated heterocycles. The van der Waals surface area contributed by atoms with Crippen LogP contribution in [0.15, 0.2) is 34.7 Å². The molecule has 0 aliphatic rings. The van der Waals surface area contributed by atoms with Crippen molar-refractivity contribution in [1.29, 1.82) is 0 Å². The Morgan fingerprint density at radius 1 is 1.29 bits per heavy atom. The maximum atomic E-state index is 12.0. The van der Waals surface area contributed by atoms with Crippen LogP contribution in [0.2, 0.25) is 0 Å². The lowest BCUT2D eigenvalue weighted by molar-refractivity contribution is -0.122. The first-order valence-electron chi connectivity index (χ1n) is 8.01. The first-order chi connectivity index (χ1) is 11.3. The fourth-order valence-electron chi connectivity index (χ4n) is 2.67. The average molecular weight is 331 g/mol. The molecule has 0 spiro atoms. The third-order valence-corrected chi connectivity index (χ3v) is 4.05. The minimum Gasteiger partial charge on any atom is -0.497 e. The van der Waals surface area contributed by atoms with Gasteiger partial charge in [0.25, 0.3) is 0 Å². The van der Waals surface area contributed by atoms with Crippen LogP contribution in [0.4, 0.5) is 0 Å². The second kappa shape index (κ2) is 7.53. The van der Waals surface area contributed by atoms with Gasteiger partial charge in [0.1, 0.15) is 22.9 Å². The number of aryl methyl sites for hydroxylation is 3. The van der Waals surface area contributed by atoms with E-state index in [1.54, 1.807) is 20.1 Å². The Morgan fingerprint density at radius 3 is 2.50 bits per heavy atom. The average Bonchev–Trinajstić information content (AvgIpc) is 2.91. The summed E-state index contributed by atoms with van der Waals surface area (Å²) in [5, 5.41) is 13.4. The molecular formula is C19H25NO4. The molecule has 5 nitrogen and oxygen atoms in total. The summed E-state index contributed by atoms with van der Waals surface area (Å²) >= 11 is 0. The standard InChI is InChI=1S/C19H25NO4/c1-13-11-17(14(2)24-13)19(3,22)12-20-18(21)10-7-15-5-8-16(23-4)9-6-15/h5-6,8-9,11,22H,7,10,12H2,1-4H3,(H,20,21). The molecule has 0 aliphatic heterocycles. The highest BCUT2D eigenvalue weighted by atomic mass is 16.5. The lowest BCUT2D eigenvalue weighted by atomic mass is 9.96. The summed E-state index contributed by atoms with van der Waals surface area (Å²) in [7, 11) is 1.62. The van der Waals surface area contributed by atoms with Gasteiger partial charge in [-0.15, -0.1) is 0 Å². The lowest BCUT2D eigenvalue weighted by Crippen LogP contribution is -2.38. The van der Waals surface area contributed by atoms with Crippen LogP contribution in [0.3, 0.4) is 0 Å². The van der Waals surface area contributed by atoms with E-state index >= 15 is 0 Å². The van der Waals surface area contributed by atoms with Gasteiger partial charge in [0.05, 0.1) is 13.7 Å². The van der Waals surface area contributed by atoms with Gasteiger partial charge in [-0.3, -0.25) is 4.79 Å². The Labute approximate surface area is 142 Å². The number of hydrogen-bond donors (Lipinski definition) is 2. The molecule has 1 atom stereocenters. The second-order valence-electron chi connectivity index (χ2n) is 6.23. The number of furan rings is 1. The number of carbonyl (C=O) groups is 1. The highest BCUT2D eigenvalue weighted by molar-refractivity contribution is 5.76. The number of benzene rings is 1. The number of methoxy groups -OCH3 is 1. The van der Waals surface area contributed by atoms with Gasteiger partial charge in [-0.2, -0.15) is 0 Å². The van der Waals surface area contributed by atoms with E-state index in [2.05, 4.69) is 5.32 Å². The van der Waals surface area contributed by atoms with Crippen LogP contribution in [-0.2, 0) is 16.8 Å². The number of rotatable bonds is 7. The molecule has 1 heterocycles. The second-order valence-corrected chi connectivity index (χ2v) is 6.23. The highest BCUT2D eigenvalue weighted by Crippen LogP contribution is 2.26. The third-order valence-electron chi connectivity index (χ3n) is 4.05. The van der Waals surface area contributed by atoms with Gasteiger partial charge in [0.15, 0.2) is 0 Å². The molecule has 2 N–H and O–H groups in total. The Balaban J connectivity index is 1.84. The molecule has 1 unspecified atom stereocenters. The summed E-state index contributed by atoms with van der Waals surface area (Å²) in [5.74, 6) is 2.12. The van der Waals surface area contributed by atoms with E-state index in [0.29, 0.717) is 24.2 Å². The lowest BCUT2D eigenvalue weighted by Gasteiger charge is -2.23. The summed E-state index contributed by atoms with van der Waals surface area (Å²) in [6.45, 7) is 5.46. The van der Waals surface area contributed by atoms with Gasteiger partial charge < -0.3 is 19.6 Å². The summed E-state index contributed by atoms with van der Waals surface area (Å²) < 4.78 is 10.6. The number of ether oxygens (including phenoxy) is 1. The molecule has 130 valence electrons. The van der Waals surface area contributed by atoms with E-state index in [0.717, 1.165) is 17.1 Å². The predicted octanol–water partition coefficient (Wildman–Crippen LogP) is 2.86. The molecule has 1 amide bonds. The molecule has 5 heteroatoms. The van der Waals surface area contributed by atoms with Crippen molar-refractivity contribution in [2.24, 2.45) is 0 Å². The van der Waals surface area contributed by atoms with Crippen molar-refractivity contribution in [2.75, 3.05) is 13.7 Å². The quantitative estimate of drug-likeness (QED) is 0.818. The molecule has 0 fully saturated rings. The summed E-state index contributed by atoms with van der Waals surface area (Å²) in [6, 6.07) is 9.45. The number of hydrogen-bond acceptors (Lipinski definition) is 4. The van der Waals surface area contributed by atoms with E-state index in [1.807, 2.05) is 38.1 Å². The van der Waals surface area contributed by atoms with Gasteiger partial charge in [0, 0.05) is 12.0 Å². The summed E-state index contributed by atoms with van der Waals surface area (Å²) in [4.78, 5) is 12.0. The Hall–Kier alpha value is -2.27. The SMILES string of the molecule is COc1ccc(CCC(=O)NCC(C)(O)c2cc(C)oc2C)cc1. The minimum atomic E-state index is -1.16. The van der Waals surface area contributed by atoms with Crippen molar-refractivity contribution >= 4 is 5.91 Å². The highest BCUT2D eigenvalue weighted by Gasteiger charge is 2.28. The molecule has 2 aromatic rings. The van der Waals surface area contributed by atoms with E-state index in [4.69, 9.17) is 9.15 Å². The monoisotopic (exact) mass is 331 g/mol. The Bertz CT molecular complexity index is 686. The third kappa shape index (κ3) is 4.61. The smallest absolute Gasteiger partial charge is 0.220 e. The van der Waals surface area contributed by atoms with E-state index in [1.165, 1.54) is 0 Å². The zero-order valence-electron chi connectivity index (χ0n) is 14.7. The van der Waals surface area contributed by atoms with Crippen molar-refractivity contribution in [3.63, 3.8) is 0 Å². The Kier molecular flexibility index (Phi) is 5.67. The van der Waals surface area contributed by atoms with Crippen LogP contribution in [0, 0.1) is 13.8 Å². The van der Waals surface area contributed by atoms with Gasteiger partial charge >= 0.3 is 0 Å². The van der Waals surface area contributed by atoms with Crippen LogP contribution in [0.1, 0.15) is 36.0 Å². The number of carbonyl (C=O) groups excluding carboxylic acids is 1. The molecule has 1 aromatic carbocycles. The van der Waals surface area contributed by atoms with Gasteiger partial charge in [0.2, 0.25) is 5.91 Å². The molecule has 24 heavy (non-hydrogen) atoms. The minimum absolute atomic E-state index is 0.0936. The molecule has 0 saturated carbocycles. The van der Waals surface area contributed by atoms with Crippen LogP contribution in [-0.4, -0.2) is 24.7 Å². The Morgan fingerprint density at radius 2 is 1.96 bits per heavy atom. The number of nitrogens with one attached hydrogen (secondary N) is 1. The first kappa shape index (κ1) is 18.1. The zero-order chi connectivity index (χ0) is 17.7. The van der Waals surface area contributed by atoms with Gasteiger partial charge in [-0.05, 0) is 51.0 Å². The zero-order valence-corrected chi connectivity index (χ0v) is 14.7. The van der Waals surface area contributed by atoms with E-state index < -0.39 is 5.60 Å². The van der Waals surface area contributed by atoms with Crippen molar-refractivity contribution in [2.45, 2.75) is 39.2 Å². The summed E-state index contributed by atoms with van der Waals surface area (Å²) in [6.07, 6.45) is 1.01. The molecule has 0 radical (unpaired) electrons. The fourth-order valence-corrected chi connectivity index (χ4v) is 2.67. The number of amides is 1. The molecule has 1 aromatic heterocycles. The normalized spacial score (nSPS) is 13.4. The summed E-state index contributed by atoms with van der Waals surface area (Å²) in [5.41, 5.74) is 0.618. The van der Waals surface area contributed by atoms with Crippen molar-refractivity contribution in [3.05, 3.63) is 53.0 Å². The van der Waals surface area contributed by atoms with Crippen molar-refractivity contribution in [3.8, 4) is 5.75 Å².